The number of ketones is 1. The van der Waals surface area contributed by atoms with E-state index in [1.54, 1.807) is 18.5 Å². The second kappa shape index (κ2) is 4.43. The zero-order valence-corrected chi connectivity index (χ0v) is 9.58. The van der Waals surface area contributed by atoms with Gasteiger partial charge >= 0.3 is 0 Å². The van der Waals surface area contributed by atoms with Crippen molar-refractivity contribution in [2.24, 2.45) is 5.41 Å². The Morgan fingerprint density at radius 2 is 2.13 bits per heavy atom. The van der Waals surface area contributed by atoms with Crippen LogP contribution in [0.25, 0.3) is 0 Å². The predicted molar refractivity (Wildman–Crippen MR) is 61.4 cm³/mol. The molecule has 1 rings (SSSR count). The van der Waals surface area contributed by atoms with Crippen LogP contribution in [0.3, 0.4) is 0 Å². The molecule has 1 heterocycles. The number of carbonyl (C=O) groups excluding carboxylic acids is 1. The second-order valence-corrected chi connectivity index (χ2v) is 5.03. The molecule has 0 unspecified atom stereocenters. The van der Waals surface area contributed by atoms with Crippen molar-refractivity contribution >= 4 is 11.5 Å². The number of hydrogen-bond donors (Lipinski definition) is 1. The number of Topliss-reactive ketones (excluding diaryl/α,β-unsaturated/α-hetero) is 1. The molecule has 0 fully saturated rings. The van der Waals surface area contributed by atoms with Crippen molar-refractivity contribution < 1.29 is 4.79 Å². The van der Waals surface area contributed by atoms with Crippen molar-refractivity contribution in [3.8, 4) is 0 Å². The Morgan fingerprint density at radius 1 is 1.47 bits per heavy atom. The number of nitrogen functional groups attached to an aromatic ring is 1. The molecular weight excluding hydrogens is 188 g/mol. The van der Waals surface area contributed by atoms with Crippen molar-refractivity contribution in [1.82, 2.24) is 4.98 Å². The number of nitrogens with zero attached hydrogens (tertiary/aromatic N) is 1. The first-order chi connectivity index (χ1) is 6.88. The van der Waals surface area contributed by atoms with Gasteiger partial charge in [0.05, 0.1) is 11.9 Å². The maximum Gasteiger partial charge on any atom is 0.137 e. The summed E-state index contributed by atoms with van der Waals surface area (Å²) in [6, 6.07) is 1.80. The lowest BCUT2D eigenvalue weighted by molar-refractivity contribution is -0.120. The lowest BCUT2D eigenvalue weighted by atomic mass is 9.88. The van der Waals surface area contributed by atoms with E-state index >= 15 is 0 Å². The highest BCUT2D eigenvalue weighted by atomic mass is 16.1. The smallest absolute Gasteiger partial charge is 0.137 e. The summed E-state index contributed by atoms with van der Waals surface area (Å²) in [7, 11) is 0. The van der Waals surface area contributed by atoms with Crippen LogP contribution in [0.2, 0.25) is 0 Å². The Bertz CT molecular complexity index is 353. The molecule has 82 valence electrons. The highest BCUT2D eigenvalue weighted by Gasteiger charge is 2.16. The largest absolute Gasteiger partial charge is 0.397 e. The van der Waals surface area contributed by atoms with Gasteiger partial charge in [0, 0.05) is 19.0 Å². The number of rotatable bonds is 3. The zero-order valence-electron chi connectivity index (χ0n) is 9.58. The molecule has 0 aliphatic rings. The molecule has 0 spiro atoms. The van der Waals surface area contributed by atoms with Crippen LogP contribution in [0.1, 0.15) is 32.8 Å². The first-order valence-electron chi connectivity index (χ1n) is 5.08. The number of pyridine rings is 1. The fourth-order valence-corrected chi connectivity index (χ4v) is 1.46. The van der Waals surface area contributed by atoms with E-state index in [2.05, 4.69) is 25.8 Å². The number of aromatic nitrogens is 1. The second-order valence-electron chi connectivity index (χ2n) is 5.03. The molecule has 0 saturated heterocycles. The van der Waals surface area contributed by atoms with Gasteiger partial charge in [0.25, 0.3) is 0 Å². The maximum absolute atomic E-state index is 11.7. The van der Waals surface area contributed by atoms with E-state index in [-0.39, 0.29) is 11.2 Å². The monoisotopic (exact) mass is 206 g/mol. The molecule has 0 saturated carbocycles. The highest BCUT2D eigenvalue weighted by molar-refractivity contribution is 5.82. The van der Waals surface area contributed by atoms with Crippen molar-refractivity contribution in [3.63, 3.8) is 0 Å². The minimum Gasteiger partial charge on any atom is -0.397 e. The number of carbonyl (C=O) groups is 1. The van der Waals surface area contributed by atoms with E-state index in [9.17, 15) is 4.79 Å². The number of hydrogen-bond acceptors (Lipinski definition) is 3. The topological polar surface area (TPSA) is 56.0 Å². The first-order valence-corrected chi connectivity index (χ1v) is 5.08. The minimum absolute atomic E-state index is 0.0406. The van der Waals surface area contributed by atoms with E-state index in [1.165, 1.54) is 0 Å². The summed E-state index contributed by atoms with van der Waals surface area (Å²) in [5.74, 6) is 0.223. The van der Waals surface area contributed by atoms with Crippen LogP contribution in [0.4, 0.5) is 5.69 Å². The molecular formula is C12H18N2O. The average Bonchev–Trinajstić information content (AvgIpc) is 2.05. The Hall–Kier alpha value is -1.38. The van der Waals surface area contributed by atoms with Crippen LogP contribution in [0.5, 0.6) is 0 Å². The normalized spacial score (nSPS) is 11.4. The van der Waals surface area contributed by atoms with Crippen molar-refractivity contribution in [2.45, 2.75) is 33.6 Å². The van der Waals surface area contributed by atoms with Crippen LogP contribution in [0, 0.1) is 5.41 Å². The summed E-state index contributed by atoms with van der Waals surface area (Å²) in [6.07, 6.45) is 4.23. The molecule has 0 aliphatic carbocycles. The summed E-state index contributed by atoms with van der Waals surface area (Å²) in [4.78, 5) is 15.6. The van der Waals surface area contributed by atoms with Crippen LogP contribution in [-0.2, 0) is 11.2 Å². The molecule has 2 N–H and O–H groups in total. The molecule has 3 nitrogen and oxygen atoms in total. The fourth-order valence-electron chi connectivity index (χ4n) is 1.46. The predicted octanol–water partition coefficient (Wildman–Crippen LogP) is 2.21. The quantitative estimate of drug-likeness (QED) is 0.825. The fraction of sp³-hybridized carbons (Fsp3) is 0.500. The molecule has 0 bridgehead atoms. The Morgan fingerprint density at radius 3 is 2.67 bits per heavy atom. The van der Waals surface area contributed by atoms with Gasteiger partial charge in [-0.15, -0.1) is 0 Å². The third-order valence-corrected chi connectivity index (χ3v) is 2.06. The Kier molecular flexibility index (Phi) is 3.45. The number of nitrogens with two attached hydrogens (primary N) is 1. The van der Waals surface area contributed by atoms with Gasteiger partial charge in [-0.05, 0) is 17.0 Å². The van der Waals surface area contributed by atoms with Crippen LogP contribution in [0.15, 0.2) is 18.5 Å². The highest BCUT2D eigenvalue weighted by Crippen LogP contribution is 2.20. The maximum atomic E-state index is 11.7. The standard InChI is InChI=1S/C12H18N2O/c1-12(2,3)7-10(15)6-9-4-5-14-8-11(9)13/h4-5,8H,6-7,13H2,1-3H3. The number of anilines is 1. The molecule has 0 amide bonds. The van der Waals surface area contributed by atoms with Gasteiger partial charge in [-0.2, -0.15) is 0 Å². The summed E-state index contributed by atoms with van der Waals surface area (Å²) < 4.78 is 0. The molecule has 15 heavy (non-hydrogen) atoms. The lowest BCUT2D eigenvalue weighted by Crippen LogP contribution is -2.15. The molecule has 1 aromatic heterocycles. The van der Waals surface area contributed by atoms with E-state index in [4.69, 9.17) is 5.73 Å². The van der Waals surface area contributed by atoms with Crippen LogP contribution < -0.4 is 5.73 Å². The van der Waals surface area contributed by atoms with Crippen LogP contribution >= 0.6 is 0 Å². The molecule has 0 radical (unpaired) electrons. The minimum atomic E-state index is 0.0406. The molecule has 3 heteroatoms. The van der Waals surface area contributed by atoms with Crippen molar-refractivity contribution in [3.05, 3.63) is 24.0 Å². The Balaban J connectivity index is 2.64. The third-order valence-electron chi connectivity index (χ3n) is 2.06. The van der Waals surface area contributed by atoms with Crippen molar-refractivity contribution in [1.29, 1.82) is 0 Å². The Labute approximate surface area is 90.7 Å². The summed E-state index contributed by atoms with van der Waals surface area (Å²) >= 11 is 0. The van der Waals surface area contributed by atoms with E-state index in [0.717, 1.165) is 5.56 Å². The molecule has 0 aliphatic heterocycles. The van der Waals surface area contributed by atoms with Gasteiger partial charge in [-0.25, -0.2) is 0 Å². The van der Waals surface area contributed by atoms with Crippen LogP contribution in [-0.4, -0.2) is 10.8 Å². The SMILES string of the molecule is CC(C)(C)CC(=O)Cc1ccncc1N. The summed E-state index contributed by atoms with van der Waals surface area (Å²) in [5, 5.41) is 0. The average molecular weight is 206 g/mol. The summed E-state index contributed by atoms with van der Waals surface area (Å²) in [6.45, 7) is 6.17. The molecule has 0 aromatic carbocycles. The first kappa shape index (κ1) is 11.7. The van der Waals surface area contributed by atoms with Gasteiger partial charge in [-0.3, -0.25) is 9.78 Å². The van der Waals surface area contributed by atoms with Crippen molar-refractivity contribution in [2.75, 3.05) is 5.73 Å². The van der Waals surface area contributed by atoms with Gasteiger partial charge in [0.2, 0.25) is 0 Å². The third kappa shape index (κ3) is 4.11. The van der Waals surface area contributed by atoms with Gasteiger partial charge in [-0.1, -0.05) is 20.8 Å². The molecule has 0 atom stereocenters. The van der Waals surface area contributed by atoms with E-state index in [1.807, 2.05) is 0 Å². The van der Waals surface area contributed by atoms with Gasteiger partial charge in [0.15, 0.2) is 0 Å². The summed E-state index contributed by atoms with van der Waals surface area (Å²) in [5.41, 5.74) is 7.23. The van der Waals surface area contributed by atoms with Gasteiger partial charge < -0.3 is 5.73 Å². The lowest BCUT2D eigenvalue weighted by Gasteiger charge is -2.16. The van der Waals surface area contributed by atoms with E-state index in [0.29, 0.717) is 18.5 Å². The molecule has 1 aromatic rings. The zero-order chi connectivity index (χ0) is 11.5. The van der Waals surface area contributed by atoms with Gasteiger partial charge in [0.1, 0.15) is 5.78 Å². The van der Waals surface area contributed by atoms with E-state index < -0.39 is 0 Å².